The maximum absolute atomic E-state index is 11.5. The molecule has 0 N–H and O–H groups in total. The minimum atomic E-state index is 0.124. The van der Waals surface area contributed by atoms with Gasteiger partial charge in [0.1, 0.15) is 5.78 Å². The number of rotatable bonds is 0. The van der Waals surface area contributed by atoms with Crippen LogP contribution in [0.5, 0.6) is 0 Å². The summed E-state index contributed by atoms with van der Waals surface area (Å²) in [5.41, 5.74) is 0.124. The van der Waals surface area contributed by atoms with E-state index in [1.807, 2.05) is 0 Å². The van der Waals surface area contributed by atoms with Gasteiger partial charge in [0.15, 0.2) is 0 Å². The largest absolute Gasteiger partial charge is 0.299 e. The highest BCUT2D eigenvalue weighted by Crippen LogP contribution is 2.56. The summed E-state index contributed by atoms with van der Waals surface area (Å²) in [5, 5.41) is 0. The van der Waals surface area contributed by atoms with E-state index in [9.17, 15) is 4.79 Å². The van der Waals surface area contributed by atoms with Crippen LogP contribution in [0.1, 0.15) is 33.1 Å². The van der Waals surface area contributed by atoms with E-state index in [2.05, 4.69) is 13.8 Å². The van der Waals surface area contributed by atoms with E-state index in [0.717, 1.165) is 18.8 Å². The zero-order valence-electron chi connectivity index (χ0n) is 6.68. The van der Waals surface area contributed by atoms with Crippen LogP contribution in [-0.4, -0.2) is 5.78 Å². The molecule has 1 nitrogen and oxygen atoms in total. The molecule has 0 aromatic heterocycles. The lowest BCUT2D eigenvalue weighted by Gasteiger charge is -2.40. The minimum Gasteiger partial charge on any atom is -0.299 e. The van der Waals surface area contributed by atoms with Gasteiger partial charge in [-0.1, -0.05) is 13.8 Å². The molecule has 0 bridgehead atoms. The van der Waals surface area contributed by atoms with E-state index in [4.69, 9.17) is 0 Å². The molecule has 3 atom stereocenters. The number of hydrogen-bond donors (Lipinski definition) is 0. The average molecular weight is 138 g/mol. The van der Waals surface area contributed by atoms with Crippen molar-refractivity contribution in [3.63, 3.8) is 0 Å². The fourth-order valence-corrected chi connectivity index (χ4v) is 2.58. The second kappa shape index (κ2) is 1.63. The molecule has 0 radical (unpaired) electrons. The van der Waals surface area contributed by atoms with Crippen molar-refractivity contribution in [2.24, 2.45) is 17.3 Å². The fraction of sp³-hybridized carbons (Fsp3) is 0.889. The molecule has 0 aliphatic heterocycles. The van der Waals surface area contributed by atoms with Crippen LogP contribution in [0.25, 0.3) is 0 Å². The molecule has 2 aliphatic carbocycles. The second-order valence-electron chi connectivity index (χ2n) is 4.15. The molecular weight excluding hydrogens is 124 g/mol. The third-order valence-electron chi connectivity index (χ3n) is 3.56. The van der Waals surface area contributed by atoms with Gasteiger partial charge in [-0.25, -0.2) is 0 Å². The summed E-state index contributed by atoms with van der Waals surface area (Å²) in [6, 6.07) is 0. The van der Waals surface area contributed by atoms with Crippen LogP contribution in [-0.2, 0) is 4.79 Å². The van der Waals surface area contributed by atoms with Gasteiger partial charge in [-0.3, -0.25) is 4.79 Å². The highest BCUT2D eigenvalue weighted by Gasteiger charge is 2.55. The highest BCUT2D eigenvalue weighted by molar-refractivity contribution is 5.89. The van der Waals surface area contributed by atoms with Crippen LogP contribution in [0.15, 0.2) is 0 Å². The Morgan fingerprint density at radius 2 is 2.30 bits per heavy atom. The molecule has 0 aromatic rings. The Labute approximate surface area is 61.8 Å². The van der Waals surface area contributed by atoms with Crippen molar-refractivity contribution in [2.45, 2.75) is 33.1 Å². The summed E-state index contributed by atoms with van der Waals surface area (Å²) in [6.07, 6.45) is 3.61. The first kappa shape index (κ1) is 6.38. The molecule has 0 aromatic carbocycles. The van der Waals surface area contributed by atoms with Gasteiger partial charge < -0.3 is 0 Å². The van der Waals surface area contributed by atoms with Crippen LogP contribution in [0, 0.1) is 17.3 Å². The van der Waals surface area contributed by atoms with Gasteiger partial charge in [-0.05, 0) is 25.2 Å². The van der Waals surface area contributed by atoms with Gasteiger partial charge in [0.25, 0.3) is 0 Å². The smallest absolute Gasteiger partial charge is 0.141 e. The van der Waals surface area contributed by atoms with Gasteiger partial charge in [-0.2, -0.15) is 0 Å². The molecule has 0 spiro atoms. The minimum absolute atomic E-state index is 0.124. The van der Waals surface area contributed by atoms with E-state index in [1.165, 1.54) is 6.42 Å². The van der Waals surface area contributed by atoms with Gasteiger partial charge in [0.2, 0.25) is 0 Å². The van der Waals surface area contributed by atoms with Crippen LogP contribution >= 0.6 is 0 Å². The number of ketones is 1. The quantitative estimate of drug-likeness (QED) is 0.500. The van der Waals surface area contributed by atoms with Gasteiger partial charge in [0, 0.05) is 11.3 Å². The summed E-state index contributed by atoms with van der Waals surface area (Å²) >= 11 is 0. The standard InChI is InChI=1S/C9H14O/c1-6-5-7-3-4-9(7,2)8(6)10/h6-7H,3-5H2,1-2H3/t6?,7?,9-/m1/s1. The summed E-state index contributed by atoms with van der Waals surface area (Å²) < 4.78 is 0. The van der Waals surface area contributed by atoms with Crippen molar-refractivity contribution in [2.75, 3.05) is 0 Å². The molecule has 0 saturated heterocycles. The lowest BCUT2D eigenvalue weighted by Crippen LogP contribution is -2.38. The number of carbonyl (C=O) groups is 1. The molecule has 2 saturated carbocycles. The molecule has 2 fully saturated rings. The molecule has 0 amide bonds. The summed E-state index contributed by atoms with van der Waals surface area (Å²) in [7, 11) is 0. The summed E-state index contributed by atoms with van der Waals surface area (Å²) in [6.45, 7) is 4.22. The van der Waals surface area contributed by atoms with E-state index < -0.39 is 0 Å². The fourth-order valence-electron chi connectivity index (χ4n) is 2.58. The van der Waals surface area contributed by atoms with E-state index in [-0.39, 0.29) is 5.41 Å². The number of carbonyl (C=O) groups excluding carboxylic acids is 1. The Morgan fingerprint density at radius 3 is 2.50 bits per heavy atom. The lowest BCUT2D eigenvalue weighted by molar-refractivity contribution is -0.132. The van der Waals surface area contributed by atoms with Gasteiger partial charge >= 0.3 is 0 Å². The third-order valence-corrected chi connectivity index (χ3v) is 3.56. The van der Waals surface area contributed by atoms with Crippen molar-refractivity contribution >= 4 is 5.78 Å². The summed E-state index contributed by atoms with van der Waals surface area (Å²) in [5.74, 6) is 1.64. The zero-order valence-corrected chi connectivity index (χ0v) is 6.68. The molecule has 2 aliphatic rings. The first-order valence-electron chi connectivity index (χ1n) is 4.19. The van der Waals surface area contributed by atoms with Crippen LogP contribution in [0.2, 0.25) is 0 Å². The summed E-state index contributed by atoms with van der Waals surface area (Å²) in [4.78, 5) is 11.5. The molecule has 0 heterocycles. The first-order valence-corrected chi connectivity index (χ1v) is 4.19. The zero-order chi connectivity index (χ0) is 7.35. The van der Waals surface area contributed by atoms with Crippen molar-refractivity contribution in [1.29, 1.82) is 0 Å². The maximum atomic E-state index is 11.5. The Hall–Kier alpha value is -0.330. The van der Waals surface area contributed by atoms with Crippen molar-refractivity contribution < 1.29 is 4.79 Å². The molecular formula is C9H14O. The SMILES string of the molecule is CC1CC2CC[C@@]2(C)C1=O. The molecule has 2 rings (SSSR count). The van der Waals surface area contributed by atoms with Gasteiger partial charge in [0.05, 0.1) is 0 Å². The lowest BCUT2D eigenvalue weighted by atomic mass is 9.63. The number of hydrogen-bond acceptors (Lipinski definition) is 1. The number of Topliss-reactive ketones (excluding diaryl/α,β-unsaturated/α-hetero) is 1. The van der Waals surface area contributed by atoms with Gasteiger partial charge in [-0.15, -0.1) is 0 Å². The van der Waals surface area contributed by atoms with Crippen LogP contribution < -0.4 is 0 Å². The Balaban J connectivity index is 2.28. The normalized spacial score (nSPS) is 52.4. The third kappa shape index (κ3) is 0.518. The average Bonchev–Trinajstić information content (AvgIpc) is 2.03. The van der Waals surface area contributed by atoms with Crippen LogP contribution in [0.3, 0.4) is 0 Å². The van der Waals surface area contributed by atoms with Crippen LogP contribution in [0.4, 0.5) is 0 Å². The second-order valence-corrected chi connectivity index (χ2v) is 4.15. The first-order chi connectivity index (χ1) is 4.64. The highest BCUT2D eigenvalue weighted by atomic mass is 16.1. The Bertz CT molecular complexity index is 185. The molecule has 1 heteroatoms. The number of fused-ring (bicyclic) bond motifs is 1. The van der Waals surface area contributed by atoms with Crippen molar-refractivity contribution in [1.82, 2.24) is 0 Å². The van der Waals surface area contributed by atoms with E-state index in [0.29, 0.717) is 11.7 Å². The molecule has 2 unspecified atom stereocenters. The van der Waals surface area contributed by atoms with E-state index in [1.54, 1.807) is 0 Å². The maximum Gasteiger partial charge on any atom is 0.141 e. The predicted octanol–water partition coefficient (Wildman–Crippen LogP) is 2.01. The van der Waals surface area contributed by atoms with E-state index >= 15 is 0 Å². The topological polar surface area (TPSA) is 17.1 Å². The molecule has 10 heavy (non-hydrogen) atoms. The Kier molecular flexibility index (Phi) is 1.04. The van der Waals surface area contributed by atoms with Crippen molar-refractivity contribution in [3.05, 3.63) is 0 Å². The monoisotopic (exact) mass is 138 g/mol. The molecule has 56 valence electrons. The predicted molar refractivity (Wildman–Crippen MR) is 39.6 cm³/mol. The van der Waals surface area contributed by atoms with Crippen molar-refractivity contribution in [3.8, 4) is 0 Å². The Morgan fingerprint density at radius 1 is 1.60 bits per heavy atom.